The zero-order valence-corrected chi connectivity index (χ0v) is 10.2. The monoisotopic (exact) mass is 241 g/mol. The van der Waals surface area contributed by atoms with Crippen LogP contribution in [0.1, 0.15) is 34.6 Å². The first-order chi connectivity index (χ1) is 6.83. The number of hydrogen-bond donors (Lipinski definition) is 1. The summed E-state index contributed by atoms with van der Waals surface area (Å²) >= 11 is 0. The number of hydrogen-bond acceptors (Lipinski definition) is 3. The Morgan fingerprint density at radius 2 is 1.56 bits per heavy atom. The average molecular weight is 241 g/mol. The molecule has 0 aliphatic heterocycles. The topological polar surface area (TPSA) is 38.3 Å². The lowest BCUT2D eigenvalue weighted by molar-refractivity contribution is -0.164. The van der Waals surface area contributed by atoms with Gasteiger partial charge in [0.25, 0.3) is 0 Å². The van der Waals surface area contributed by atoms with Crippen LogP contribution in [-0.4, -0.2) is 29.8 Å². The minimum absolute atomic E-state index is 0.704. The Kier molecular flexibility index (Phi) is 4.38. The first kappa shape index (κ1) is 15.2. The summed E-state index contributed by atoms with van der Waals surface area (Å²) in [6, 6.07) is 0. The number of ether oxygens (including phenoxy) is 1. The van der Waals surface area contributed by atoms with Gasteiger partial charge in [0.1, 0.15) is 11.1 Å². The third kappa shape index (κ3) is 6.66. The van der Waals surface area contributed by atoms with Crippen LogP contribution >= 0.6 is 0 Å². The molecule has 0 unspecified atom stereocenters. The van der Waals surface area contributed by atoms with E-state index in [0.29, 0.717) is 0 Å². The zero-order valence-electron chi connectivity index (χ0n) is 10.2. The van der Waals surface area contributed by atoms with Crippen LogP contribution in [0.15, 0.2) is 0 Å². The predicted molar refractivity (Wildman–Crippen MR) is 54.0 cm³/mol. The molecule has 0 aromatic heterocycles. The molecule has 96 valence electrons. The van der Waals surface area contributed by atoms with Gasteiger partial charge in [0.15, 0.2) is 0 Å². The van der Waals surface area contributed by atoms with Gasteiger partial charge in [-0.1, -0.05) is 0 Å². The Morgan fingerprint density at radius 1 is 1.12 bits per heavy atom. The number of carbonyl (C=O) groups is 1. The van der Waals surface area contributed by atoms with Gasteiger partial charge < -0.3 is 4.74 Å². The van der Waals surface area contributed by atoms with Crippen LogP contribution in [-0.2, 0) is 9.53 Å². The molecule has 0 saturated carbocycles. The predicted octanol–water partition coefficient (Wildman–Crippen LogP) is 2.26. The second-order valence-electron chi connectivity index (χ2n) is 5.10. The Hall–Kier alpha value is -0.780. The van der Waals surface area contributed by atoms with E-state index < -0.39 is 29.8 Å². The van der Waals surface area contributed by atoms with Crippen LogP contribution in [0, 0.1) is 0 Å². The van der Waals surface area contributed by atoms with Crippen molar-refractivity contribution in [3.63, 3.8) is 0 Å². The molecule has 0 amide bonds. The lowest BCUT2D eigenvalue weighted by Gasteiger charge is -2.29. The van der Waals surface area contributed by atoms with E-state index in [-0.39, 0.29) is 0 Å². The highest BCUT2D eigenvalue weighted by molar-refractivity contribution is 5.80. The third-order valence-corrected chi connectivity index (χ3v) is 1.64. The Balaban J connectivity index is 4.38. The van der Waals surface area contributed by atoms with E-state index in [2.05, 4.69) is 5.32 Å². The molecular formula is C10H18F3NO2. The minimum atomic E-state index is -4.35. The van der Waals surface area contributed by atoms with Crippen molar-refractivity contribution in [1.82, 2.24) is 5.32 Å². The molecule has 0 aromatic rings. The van der Waals surface area contributed by atoms with Crippen LogP contribution in [0.25, 0.3) is 0 Å². The van der Waals surface area contributed by atoms with E-state index in [1.807, 2.05) is 0 Å². The van der Waals surface area contributed by atoms with E-state index in [9.17, 15) is 18.0 Å². The Bertz CT molecular complexity index is 254. The average Bonchev–Trinajstić information content (AvgIpc) is 1.96. The maximum absolute atomic E-state index is 12.0. The van der Waals surface area contributed by atoms with Gasteiger partial charge in [-0.3, -0.25) is 10.1 Å². The maximum Gasteiger partial charge on any atom is 0.401 e. The van der Waals surface area contributed by atoms with Gasteiger partial charge in [-0.25, -0.2) is 0 Å². The van der Waals surface area contributed by atoms with Crippen LogP contribution in [0.5, 0.6) is 0 Å². The molecule has 3 nitrogen and oxygen atoms in total. The van der Waals surface area contributed by atoms with Crippen molar-refractivity contribution in [2.75, 3.05) is 6.54 Å². The highest BCUT2D eigenvalue weighted by Gasteiger charge is 2.36. The summed E-state index contributed by atoms with van der Waals surface area (Å²) in [6.07, 6.45) is -4.35. The fourth-order valence-corrected chi connectivity index (χ4v) is 0.799. The SMILES string of the molecule is CC(C)(C)OC(=O)C(C)(C)NCC(F)(F)F. The van der Waals surface area contributed by atoms with Crippen LogP contribution < -0.4 is 5.32 Å². The van der Waals surface area contributed by atoms with Crippen molar-refractivity contribution in [2.45, 2.75) is 51.9 Å². The molecule has 0 bridgehead atoms. The number of nitrogens with one attached hydrogen (secondary N) is 1. The van der Waals surface area contributed by atoms with E-state index >= 15 is 0 Å². The summed E-state index contributed by atoms with van der Waals surface area (Å²) in [6.45, 7) is 6.46. The van der Waals surface area contributed by atoms with Gasteiger partial charge in [0.05, 0.1) is 6.54 Å². The standard InChI is InChI=1S/C10H18F3NO2/c1-8(2,3)16-7(15)9(4,5)14-6-10(11,12)13/h14H,6H2,1-5H3. The molecule has 0 rings (SSSR count). The molecule has 0 aromatic carbocycles. The Labute approximate surface area is 93.3 Å². The molecule has 0 saturated heterocycles. The molecule has 1 N–H and O–H groups in total. The van der Waals surface area contributed by atoms with Crippen molar-refractivity contribution in [3.05, 3.63) is 0 Å². The third-order valence-electron chi connectivity index (χ3n) is 1.64. The molecule has 0 atom stereocenters. The van der Waals surface area contributed by atoms with Gasteiger partial charge in [-0.05, 0) is 34.6 Å². The fourth-order valence-electron chi connectivity index (χ4n) is 0.799. The largest absolute Gasteiger partial charge is 0.459 e. The van der Waals surface area contributed by atoms with Crippen molar-refractivity contribution < 1.29 is 22.7 Å². The number of halogens is 3. The zero-order chi connectivity index (χ0) is 13.2. The molecule has 0 radical (unpaired) electrons. The summed E-state index contributed by atoms with van der Waals surface area (Å²) < 4.78 is 40.9. The first-order valence-corrected chi connectivity index (χ1v) is 4.89. The smallest absolute Gasteiger partial charge is 0.401 e. The van der Waals surface area contributed by atoms with E-state index in [0.717, 1.165) is 0 Å². The highest BCUT2D eigenvalue weighted by atomic mass is 19.4. The lowest BCUT2D eigenvalue weighted by Crippen LogP contribution is -2.52. The fraction of sp³-hybridized carbons (Fsp3) is 0.900. The van der Waals surface area contributed by atoms with Gasteiger partial charge in [-0.2, -0.15) is 13.2 Å². The van der Waals surface area contributed by atoms with Gasteiger partial charge in [0.2, 0.25) is 0 Å². The summed E-state index contributed by atoms with van der Waals surface area (Å²) in [5.41, 5.74) is -2.07. The van der Waals surface area contributed by atoms with Crippen LogP contribution in [0.3, 0.4) is 0 Å². The number of esters is 1. The normalized spacial score (nSPS) is 13.8. The summed E-state index contributed by atoms with van der Waals surface area (Å²) in [5, 5.41) is 2.12. The van der Waals surface area contributed by atoms with Crippen molar-refractivity contribution in [1.29, 1.82) is 0 Å². The van der Waals surface area contributed by atoms with Crippen LogP contribution in [0.2, 0.25) is 0 Å². The first-order valence-electron chi connectivity index (χ1n) is 4.89. The van der Waals surface area contributed by atoms with Gasteiger partial charge in [-0.15, -0.1) is 0 Å². The lowest BCUT2D eigenvalue weighted by atomic mass is 10.1. The molecule has 0 aliphatic rings. The van der Waals surface area contributed by atoms with E-state index in [1.165, 1.54) is 13.8 Å². The minimum Gasteiger partial charge on any atom is -0.459 e. The van der Waals surface area contributed by atoms with Gasteiger partial charge in [0, 0.05) is 0 Å². The molecule has 16 heavy (non-hydrogen) atoms. The molecule has 0 spiro atoms. The quantitative estimate of drug-likeness (QED) is 0.770. The van der Waals surface area contributed by atoms with Crippen molar-refractivity contribution >= 4 is 5.97 Å². The van der Waals surface area contributed by atoms with Gasteiger partial charge >= 0.3 is 12.1 Å². The number of rotatable bonds is 3. The number of alkyl halides is 3. The van der Waals surface area contributed by atoms with Crippen molar-refractivity contribution in [2.24, 2.45) is 0 Å². The highest BCUT2D eigenvalue weighted by Crippen LogP contribution is 2.17. The molecule has 6 heteroatoms. The second kappa shape index (κ2) is 4.61. The molecule has 0 aliphatic carbocycles. The summed E-state index contributed by atoms with van der Waals surface area (Å²) in [7, 11) is 0. The maximum atomic E-state index is 12.0. The second-order valence-corrected chi connectivity index (χ2v) is 5.10. The molecule has 0 fully saturated rings. The summed E-state index contributed by atoms with van der Waals surface area (Å²) in [4.78, 5) is 11.5. The molecular weight excluding hydrogens is 223 g/mol. The Morgan fingerprint density at radius 3 is 1.88 bits per heavy atom. The van der Waals surface area contributed by atoms with Crippen molar-refractivity contribution in [3.8, 4) is 0 Å². The summed E-state index contributed by atoms with van der Waals surface area (Å²) in [5.74, 6) is -0.704. The van der Waals surface area contributed by atoms with E-state index in [4.69, 9.17) is 4.74 Å². The number of carbonyl (C=O) groups excluding carboxylic acids is 1. The molecule has 0 heterocycles. The van der Waals surface area contributed by atoms with E-state index in [1.54, 1.807) is 20.8 Å². The van der Waals surface area contributed by atoms with Crippen LogP contribution in [0.4, 0.5) is 13.2 Å².